The topological polar surface area (TPSA) is 58.3 Å². The second-order valence-electron chi connectivity index (χ2n) is 5.72. The molecule has 0 heterocycles. The summed E-state index contributed by atoms with van der Waals surface area (Å²) in [6.07, 6.45) is 0. The van der Waals surface area contributed by atoms with Crippen LogP contribution >= 0.6 is 0 Å². The Hall–Kier alpha value is -0.900. The zero-order valence-corrected chi connectivity index (χ0v) is 12.6. The molecule has 3 unspecified atom stereocenters. The van der Waals surface area contributed by atoms with Crippen LogP contribution in [0.2, 0.25) is 0 Å². The Morgan fingerprint density at radius 2 is 1.58 bits per heavy atom. The van der Waals surface area contributed by atoms with Gasteiger partial charge >= 0.3 is 0 Å². The van der Waals surface area contributed by atoms with Gasteiger partial charge in [-0.25, -0.2) is 0 Å². The SMILES string of the molecule is CC(C)c1ccc(C(CN)NC(C)C(C)CO)cc1. The lowest BCUT2D eigenvalue weighted by Crippen LogP contribution is -2.39. The number of nitrogens with one attached hydrogen (secondary N) is 1. The third kappa shape index (κ3) is 4.60. The molecule has 3 nitrogen and oxygen atoms in total. The number of hydrogen-bond donors (Lipinski definition) is 3. The predicted molar refractivity (Wildman–Crippen MR) is 81.2 cm³/mol. The summed E-state index contributed by atoms with van der Waals surface area (Å²) in [7, 11) is 0. The second kappa shape index (κ2) is 7.63. The average molecular weight is 264 g/mol. The largest absolute Gasteiger partial charge is 0.396 e. The molecule has 0 bridgehead atoms. The third-order valence-corrected chi connectivity index (χ3v) is 3.85. The summed E-state index contributed by atoms with van der Waals surface area (Å²) in [5.74, 6) is 0.774. The number of hydrogen-bond acceptors (Lipinski definition) is 3. The van der Waals surface area contributed by atoms with E-state index in [-0.39, 0.29) is 24.6 Å². The molecule has 1 aromatic carbocycles. The van der Waals surface area contributed by atoms with Crippen molar-refractivity contribution < 1.29 is 5.11 Å². The normalized spacial score (nSPS) is 16.4. The van der Waals surface area contributed by atoms with Gasteiger partial charge in [0.1, 0.15) is 0 Å². The van der Waals surface area contributed by atoms with Crippen LogP contribution in [0.1, 0.15) is 50.8 Å². The van der Waals surface area contributed by atoms with E-state index in [0.29, 0.717) is 12.5 Å². The molecule has 0 aliphatic carbocycles. The fourth-order valence-corrected chi connectivity index (χ4v) is 2.05. The summed E-state index contributed by atoms with van der Waals surface area (Å²) >= 11 is 0. The predicted octanol–water partition coefficient (Wildman–Crippen LogP) is 2.42. The van der Waals surface area contributed by atoms with E-state index < -0.39 is 0 Å². The zero-order chi connectivity index (χ0) is 14.4. The summed E-state index contributed by atoms with van der Waals surface area (Å²) in [4.78, 5) is 0. The Bertz CT molecular complexity index is 362. The van der Waals surface area contributed by atoms with E-state index in [1.807, 2.05) is 6.92 Å². The van der Waals surface area contributed by atoms with Crippen LogP contribution in [0.25, 0.3) is 0 Å². The fourth-order valence-electron chi connectivity index (χ4n) is 2.05. The number of aliphatic hydroxyl groups excluding tert-OH is 1. The lowest BCUT2D eigenvalue weighted by Gasteiger charge is -2.26. The van der Waals surface area contributed by atoms with Crippen molar-refractivity contribution in [3.8, 4) is 0 Å². The molecule has 0 radical (unpaired) electrons. The van der Waals surface area contributed by atoms with Gasteiger partial charge in [0.2, 0.25) is 0 Å². The number of aliphatic hydroxyl groups is 1. The van der Waals surface area contributed by atoms with Crippen LogP contribution in [0.5, 0.6) is 0 Å². The maximum Gasteiger partial charge on any atom is 0.0471 e. The number of rotatable bonds is 7. The Labute approximate surface area is 117 Å². The molecule has 108 valence electrons. The highest BCUT2D eigenvalue weighted by atomic mass is 16.3. The Kier molecular flexibility index (Phi) is 6.49. The minimum Gasteiger partial charge on any atom is -0.396 e. The molecule has 0 aliphatic heterocycles. The van der Waals surface area contributed by atoms with Crippen LogP contribution in [-0.2, 0) is 0 Å². The zero-order valence-electron chi connectivity index (χ0n) is 12.6. The quantitative estimate of drug-likeness (QED) is 0.709. The molecule has 0 spiro atoms. The molecule has 3 heteroatoms. The highest BCUT2D eigenvalue weighted by Crippen LogP contribution is 2.19. The van der Waals surface area contributed by atoms with Crippen molar-refractivity contribution in [2.45, 2.75) is 45.7 Å². The average Bonchev–Trinajstić information content (AvgIpc) is 2.43. The van der Waals surface area contributed by atoms with Gasteiger partial charge in [-0.3, -0.25) is 0 Å². The van der Waals surface area contributed by atoms with Gasteiger partial charge in [0.05, 0.1) is 0 Å². The van der Waals surface area contributed by atoms with E-state index in [1.54, 1.807) is 0 Å². The molecule has 0 aliphatic rings. The monoisotopic (exact) mass is 264 g/mol. The van der Waals surface area contributed by atoms with Crippen LogP contribution in [-0.4, -0.2) is 24.3 Å². The Morgan fingerprint density at radius 1 is 1.05 bits per heavy atom. The van der Waals surface area contributed by atoms with Gasteiger partial charge in [0.15, 0.2) is 0 Å². The first-order valence-corrected chi connectivity index (χ1v) is 7.16. The number of benzene rings is 1. The molecule has 4 N–H and O–H groups in total. The molecule has 1 aromatic rings. The van der Waals surface area contributed by atoms with Crippen LogP contribution in [0.4, 0.5) is 0 Å². The van der Waals surface area contributed by atoms with Crippen molar-refractivity contribution in [3.05, 3.63) is 35.4 Å². The van der Waals surface area contributed by atoms with Crippen molar-refractivity contribution in [3.63, 3.8) is 0 Å². The van der Waals surface area contributed by atoms with Crippen molar-refractivity contribution in [2.75, 3.05) is 13.2 Å². The van der Waals surface area contributed by atoms with Crippen LogP contribution in [0.15, 0.2) is 24.3 Å². The van der Waals surface area contributed by atoms with E-state index >= 15 is 0 Å². The number of nitrogens with two attached hydrogens (primary N) is 1. The smallest absolute Gasteiger partial charge is 0.0471 e. The molecule has 19 heavy (non-hydrogen) atoms. The molecule has 0 fully saturated rings. The van der Waals surface area contributed by atoms with Crippen LogP contribution < -0.4 is 11.1 Å². The first-order valence-electron chi connectivity index (χ1n) is 7.16. The minimum atomic E-state index is 0.144. The summed E-state index contributed by atoms with van der Waals surface area (Å²) < 4.78 is 0. The molecular weight excluding hydrogens is 236 g/mol. The van der Waals surface area contributed by atoms with Gasteiger partial charge in [-0.2, -0.15) is 0 Å². The molecule has 1 rings (SSSR count). The van der Waals surface area contributed by atoms with E-state index in [0.717, 1.165) is 0 Å². The van der Waals surface area contributed by atoms with Gasteiger partial charge < -0.3 is 16.2 Å². The highest BCUT2D eigenvalue weighted by Gasteiger charge is 2.17. The van der Waals surface area contributed by atoms with Gasteiger partial charge in [0, 0.05) is 25.2 Å². The van der Waals surface area contributed by atoms with Gasteiger partial charge in [0.25, 0.3) is 0 Å². The first-order chi connectivity index (χ1) is 8.99. The van der Waals surface area contributed by atoms with Crippen molar-refractivity contribution in [1.82, 2.24) is 5.32 Å². The standard InChI is InChI=1S/C16H28N2O/c1-11(2)14-5-7-15(8-6-14)16(9-17)18-13(4)12(3)10-19/h5-8,11-13,16,18-19H,9-10,17H2,1-4H3. The van der Waals surface area contributed by atoms with Gasteiger partial charge in [-0.15, -0.1) is 0 Å². The molecule has 0 saturated heterocycles. The second-order valence-corrected chi connectivity index (χ2v) is 5.72. The van der Waals surface area contributed by atoms with Crippen molar-refractivity contribution >= 4 is 0 Å². The lowest BCUT2D eigenvalue weighted by molar-refractivity contribution is 0.201. The van der Waals surface area contributed by atoms with Crippen molar-refractivity contribution in [2.24, 2.45) is 11.7 Å². The molecule has 0 saturated carbocycles. The van der Waals surface area contributed by atoms with E-state index in [1.165, 1.54) is 11.1 Å². The Balaban J connectivity index is 2.74. The van der Waals surface area contributed by atoms with E-state index in [4.69, 9.17) is 5.73 Å². The van der Waals surface area contributed by atoms with E-state index in [2.05, 4.69) is 50.4 Å². The first kappa shape index (κ1) is 16.2. The lowest BCUT2D eigenvalue weighted by atomic mass is 9.97. The Morgan fingerprint density at radius 3 is 2.00 bits per heavy atom. The van der Waals surface area contributed by atoms with E-state index in [9.17, 15) is 5.11 Å². The minimum absolute atomic E-state index is 0.144. The van der Waals surface area contributed by atoms with Gasteiger partial charge in [-0.05, 0) is 29.9 Å². The molecule has 3 atom stereocenters. The molecule has 0 aromatic heterocycles. The highest BCUT2D eigenvalue weighted by molar-refractivity contribution is 5.27. The maximum atomic E-state index is 9.19. The summed E-state index contributed by atoms with van der Waals surface area (Å²) in [6, 6.07) is 9.02. The summed E-state index contributed by atoms with van der Waals surface area (Å²) in [5, 5.41) is 12.7. The summed E-state index contributed by atoms with van der Waals surface area (Å²) in [6.45, 7) is 9.26. The third-order valence-electron chi connectivity index (χ3n) is 3.85. The molecule has 0 amide bonds. The maximum absolute atomic E-state index is 9.19. The summed E-state index contributed by atoms with van der Waals surface area (Å²) in [5.41, 5.74) is 8.42. The van der Waals surface area contributed by atoms with Gasteiger partial charge in [-0.1, -0.05) is 45.0 Å². The van der Waals surface area contributed by atoms with Crippen LogP contribution in [0, 0.1) is 5.92 Å². The van der Waals surface area contributed by atoms with Crippen LogP contribution in [0.3, 0.4) is 0 Å². The molecular formula is C16H28N2O. The van der Waals surface area contributed by atoms with Crippen molar-refractivity contribution in [1.29, 1.82) is 0 Å². The fraction of sp³-hybridized carbons (Fsp3) is 0.625.